The van der Waals surface area contributed by atoms with E-state index in [0.717, 1.165) is 82.0 Å². The standard InChI is InChI=1S/C29H28N6/c1-19-4-2-7-27(34-19)29-28(32-18-33-29)21-8-9-26-22(14-21)15-23(17-31-26)20-5-3-6-25(16-20)35-24-10-12-30-13-11-24/h2-9,14-18,24,30,35H,10-13H2,1H3,(H,32,33). The minimum absolute atomic E-state index is 0.523. The van der Waals surface area contributed by atoms with Crippen LogP contribution >= 0.6 is 0 Å². The zero-order chi connectivity index (χ0) is 23.6. The molecular weight excluding hydrogens is 432 g/mol. The van der Waals surface area contributed by atoms with Gasteiger partial charge in [0.25, 0.3) is 0 Å². The van der Waals surface area contributed by atoms with Gasteiger partial charge >= 0.3 is 0 Å². The number of nitrogens with zero attached hydrogens (tertiary/aromatic N) is 3. The Hall–Kier alpha value is -4.03. The van der Waals surface area contributed by atoms with Gasteiger partial charge in [0.05, 0.1) is 28.9 Å². The van der Waals surface area contributed by atoms with Crippen molar-refractivity contribution in [2.45, 2.75) is 25.8 Å². The van der Waals surface area contributed by atoms with E-state index in [9.17, 15) is 0 Å². The second kappa shape index (κ2) is 9.31. The van der Waals surface area contributed by atoms with Crippen LogP contribution in [0.15, 0.2) is 79.3 Å². The SMILES string of the molecule is Cc1cccc(-c2[nH]cnc2-c2ccc3ncc(-c4cccc(NC5CCNCC5)c4)cc3c2)n1. The van der Waals surface area contributed by atoms with Gasteiger partial charge in [0.1, 0.15) is 0 Å². The number of fused-ring (bicyclic) bond motifs is 1. The van der Waals surface area contributed by atoms with Gasteiger partial charge in [0, 0.05) is 40.1 Å². The normalized spacial score (nSPS) is 14.3. The molecule has 35 heavy (non-hydrogen) atoms. The first kappa shape index (κ1) is 21.5. The van der Waals surface area contributed by atoms with Gasteiger partial charge in [0.2, 0.25) is 0 Å². The molecule has 1 aliphatic heterocycles. The highest BCUT2D eigenvalue weighted by Crippen LogP contribution is 2.32. The largest absolute Gasteiger partial charge is 0.382 e. The summed E-state index contributed by atoms with van der Waals surface area (Å²) < 4.78 is 0. The van der Waals surface area contributed by atoms with Crippen LogP contribution < -0.4 is 10.6 Å². The lowest BCUT2D eigenvalue weighted by Gasteiger charge is -2.24. The second-order valence-electron chi connectivity index (χ2n) is 9.17. The molecule has 0 aliphatic carbocycles. The van der Waals surface area contributed by atoms with Crippen LogP contribution in [0.25, 0.3) is 44.7 Å². The fourth-order valence-electron chi connectivity index (χ4n) is 4.82. The summed E-state index contributed by atoms with van der Waals surface area (Å²) >= 11 is 0. The van der Waals surface area contributed by atoms with E-state index in [4.69, 9.17) is 4.98 Å². The molecule has 174 valence electrons. The maximum absolute atomic E-state index is 4.75. The number of H-pyrrole nitrogens is 1. The molecule has 6 heteroatoms. The Bertz CT molecular complexity index is 1480. The van der Waals surface area contributed by atoms with Crippen molar-refractivity contribution >= 4 is 16.6 Å². The summed E-state index contributed by atoms with van der Waals surface area (Å²) in [5.74, 6) is 0. The van der Waals surface area contributed by atoms with Gasteiger partial charge in [-0.15, -0.1) is 0 Å². The number of rotatable bonds is 5. The van der Waals surface area contributed by atoms with Crippen LogP contribution in [0.2, 0.25) is 0 Å². The highest BCUT2D eigenvalue weighted by molar-refractivity contribution is 5.89. The lowest BCUT2D eigenvalue weighted by Crippen LogP contribution is -2.35. The fraction of sp³-hybridized carbons (Fsp3) is 0.207. The average Bonchev–Trinajstić information content (AvgIpc) is 3.39. The molecular formula is C29H28N6. The Balaban J connectivity index is 1.33. The van der Waals surface area contributed by atoms with Crippen molar-refractivity contribution in [3.63, 3.8) is 0 Å². The quantitative estimate of drug-likeness (QED) is 0.308. The van der Waals surface area contributed by atoms with E-state index < -0.39 is 0 Å². The van der Waals surface area contributed by atoms with Gasteiger partial charge in [-0.1, -0.05) is 24.3 Å². The van der Waals surface area contributed by atoms with Gasteiger partial charge in [-0.05, 0) is 80.9 Å². The predicted octanol–water partition coefficient (Wildman–Crippen LogP) is 5.83. The third kappa shape index (κ3) is 4.53. The smallest absolute Gasteiger partial charge is 0.0977 e. The van der Waals surface area contributed by atoms with Crippen LogP contribution in [-0.4, -0.2) is 39.1 Å². The van der Waals surface area contributed by atoms with E-state index in [2.05, 4.69) is 74.1 Å². The molecule has 0 bridgehead atoms. The lowest BCUT2D eigenvalue weighted by atomic mass is 10.0. The van der Waals surface area contributed by atoms with E-state index in [-0.39, 0.29) is 0 Å². The van der Waals surface area contributed by atoms with Gasteiger partial charge in [-0.25, -0.2) is 4.98 Å². The monoisotopic (exact) mass is 460 g/mol. The number of aryl methyl sites for hydroxylation is 1. The molecule has 0 unspecified atom stereocenters. The Kier molecular flexibility index (Phi) is 5.72. The predicted molar refractivity (Wildman–Crippen MR) is 142 cm³/mol. The van der Waals surface area contributed by atoms with E-state index in [1.54, 1.807) is 6.33 Å². The van der Waals surface area contributed by atoms with Crippen molar-refractivity contribution in [2.24, 2.45) is 0 Å². The highest BCUT2D eigenvalue weighted by Gasteiger charge is 2.14. The van der Waals surface area contributed by atoms with E-state index in [1.165, 1.54) is 0 Å². The molecule has 1 saturated heterocycles. The van der Waals surface area contributed by atoms with E-state index >= 15 is 0 Å². The Morgan fingerprint density at radius 3 is 2.60 bits per heavy atom. The average molecular weight is 461 g/mol. The first-order valence-electron chi connectivity index (χ1n) is 12.2. The number of nitrogens with one attached hydrogen (secondary N) is 3. The third-order valence-corrected chi connectivity index (χ3v) is 6.64. The molecule has 0 radical (unpaired) electrons. The molecule has 0 amide bonds. The third-order valence-electron chi connectivity index (χ3n) is 6.64. The number of aromatic nitrogens is 4. The van der Waals surface area contributed by atoms with Crippen LogP contribution in [0, 0.1) is 6.92 Å². The van der Waals surface area contributed by atoms with Crippen LogP contribution in [0.4, 0.5) is 5.69 Å². The minimum atomic E-state index is 0.523. The van der Waals surface area contributed by atoms with Gasteiger partial charge < -0.3 is 15.6 Å². The van der Waals surface area contributed by atoms with Gasteiger partial charge in [-0.2, -0.15) is 0 Å². The molecule has 3 aromatic heterocycles. The maximum atomic E-state index is 4.75. The molecule has 5 aromatic rings. The molecule has 2 aromatic carbocycles. The Morgan fingerprint density at radius 2 is 1.71 bits per heavy atom. The fourth-order valence-corrected chi connectivity index (χ4v) is 4.82. The van der Waals surface area contributed by atoms with E-state index in [0.29, 0.717) is 6.04 Å². The second-order valence-corrected chi connectivity index (χ2v) is 9.17. The van der Waals surface area contributed by atoms with Crippen molar-refractivity contribution in [2.75, 3.05) is 18.4 Å². The molecule has 1 fully saturated rings. The van der Waals surface area contributed by atoms with Crippen LogP contribution in [0.5, 0.6) is 0 Å². The van der Waals surface area contributed by atoms with Crippen LogP contribution in [0.3, 0.4) is 0 Å². The first-order valence-corrected chi connectivity index (χ1v) is 12.2. The van der Waals surface area contributed by atoms with Gasteiger partial charge in [0.15, 0.2) is 0 Å². The molecule has 0 saturated carbocycles. The number of anilines is 1. The lowest BCUT2D eigenvalue weighted by molar-refractivity contribution is 0.479. The molecule has 6 rings (SSSR count). The number of hydrogen-bond donors (Lipinski definition) is 3. The summed E-state index contributed by atoms with van der Waals surface area (Å²) in [6.07, 6.45) is 5.99. The summed E-state index contributed by atoms with van der Waals surface area (Å²) in [5, 5.41) is 8.22. The number of piperidine rings is 1. The molecule has 4 heterocycles. The highest BCUT2D eigenvalue weighted by atomic mass is 15.0. The summed E-state index contributed by atoms with van der Waals surface area (Å²) in [5.41, 5.74) is 9.12. The summed E-state index contributed by atoms with van der Waals surface area (Å²) in [6.45, 7) is 4.15. The first-order chi connectivity index (χ1) is 17.2. The Morgan fingerprint density at radius 1 is 0.857 bits per heavy atom. The molecule has 6 nitrogen and oxygen atoms in total. The van der Waals surface area contributed by atoms with Crippen molar-refractivity contribution < 1.29 is 0 Å². The number of aromatic amines is 1. The van der Waals surface area contributed by atoms with E-state index in [1.807, 2.05) is 31.3 Å². The molecule has 1 aliphatic rings. The number of imidazole rings is 1. The molecule has 0 spiro atoms. The minimum Gasteiger partial charge on any atom is -0.382 e. The van der Waals surface area contributed by atoms with Crippen LogP contribution in [-0.2, 0) is 0 Å². The van der Waals surface area contributed by atoms with Crippen molar-refractivity contribution in [3.05, 3.63) is 84.9 Å². The van der Waals surface area contributed by atoms with Crippen molar-refractivity contribution in [3.8, 4) is 33.8 Å². The van der Waals surface area contributed by atoms with Crippen molar-refractivity contribution in [1.82, 2.24) is 25.3 Å². The summed E-state index contributed by atoms with van der Waals surface area (Å²) in [7, 11) is 0. The number of hydrogen-bond acceptors (Lipinski definition) is 5. The van der Waals surface area contributed by atoms with Gasteiger partial charge in [-0.3, -0.25) is 9.97 Å². The zero-order valence-electron chi connectivity index (χ0n) is 19.8. The maximum Gasteiger partial charge on any atom is 0.0977 e. The molecule has 3 N–H and O–H groups in total. The van der Waals surface area contributed by atoms with Crippen molar-refractivity contribution in [1.29, 1.82) is 0 Å². The zero-order valence-corrected chi connectivity index (χ0v) is 19.8. The summed E-state index contributed by atoms with van der Waals surface area (Å²) in [6, 6.07) is 23.7. The Labute approximate surface area is 204 Å². The summed E-state index contributed by atoms with van der Waals surface area (Å²) in [4.78, 5) is 17.3. The topological polar surface area (TPSA) is 78.5 Å². The number of benzene rings is 2. The molecule has 0 atom stereocenters. The van der Waals surface area contributed by atoms with Crippen LogP contribution in [0.1, 0.15) is 18.5 Å². The number of pyridine rings is 2.